The van der Waals surface area contributed by atoms with Crippen LogP contribution >= 0.6 is 0 Å². The molecule has 406 valence electrons. The van der Waals surface area contributed by atoms with Gasteiger partial charge in [0.05, 0.1) is 75.5 Å². The van der Waals surface area contributed by atoms with Crippen LogP contribution in [0.3, 0.4) is 0 Å². The molecule has 0 unspecified atom stereocenters. The molecule has 0 saturated heterocycles. The fourth-order valence-electron chi connectivity index (χ4n) is 12.4. The lowest BCUT2D eigenvalue weighted by Gasteiger charge is -2.21. The van der Waals surface area contributed by atoms with Gasteiger partial charge in [0.2, 0.25) is 0 Å². The number of para-hydroxylation sites is 2. The van der Waals surface area contributed by atoms with E-state index in [1.807, 2.05) is 176 Å². The average Bonchev–Trinajstić information content (AvgIpc) is 1.57. The van der Waals surface area contributed by atoms with Crippen molar-refractivity contribution in [3.05, 3.63) is 301 Å². The van der Waals surface area contributed by atoms with Crippen LogP contribution in [0.2, 0.25) is 0 Å². The lowest BCUT2D eigenvalue weighted by Crippen LogP contribution is -2.06. The fraction of sp³-hybridized carbons (Fsp3) is 0. The predicted octanol–water partition coefficient (Wildman–Crippen LogP) is 19.6. The van der Waals surface area contributed by atoms with E-state index in [1.54, 1.807) is 0 Å². The molecule has 15 aromatic rings. The Morgan fingerprint density at radius 2 is 0.705 bits per heavy atom. The van der Waals surface area contributed by atoms with Gasteiger partial charge in [0.25, 0.3) is 0 Å². The van der Waals surface area contributed by atoms with E-state index in [0.717, 1.165) is 116 Å². The Morgan fingerprint density at radius 1 is 0.330 bits per heavy atom. The third-order valence-electron chi connectivity index (χ3n) is 16.4. The number of hydrogen-bond donors (Lipinski definition) is 0. The summed E-state index contributed by atoms with van der Waals surface area (Å²) in [6.45, 7) is 16.3. The normalized spacial score (nSPS) is 11.1. The molecule has 10 nitrogen and oxygen atoms in total. The highest BCUT2D eigenvalue weighted by Gasteiger charge is 2.27. The molecule has 0 bridgehead atoms. The summed E-state index contributed by atoms with van der Waals surface area (Å²) in [7, 11) is 0. The summed E-state index contributed by atoms with van der Waals surface area (Å²) in [5.41, 5.74) is 17.9. The van der Waals surface area contributed by atoms with Gasteiger partial charge in [-0.25, -0.2) is 24.6 Å². The van der Waals surface area contributed by atoms with E-state index in [1.165, 1.54) is 0 Å². The Bertz CT molecular complexity index is 5230. The first kappa shape index (κ1) is 52.0. The van der Waals surface area contributed by atoms with Crippen LogP contribution in [0.5, 0.6) is 0 Å². The Morgan fingerprint density at radius 3 is 1.16 bits per heavy atom. The molecule has 0 fully saturated rings. The van der Waals surface area contributed by atoms with E-state index in [2.05, 4.69) is 122 Å². The molecular formula is C78H44N10. The van der Waals surface area contributed by atoms with Crippen molar-refractivity contribution in [3.8, 4) is 113 Å². The zero-order chi connectivity index (χ0) is 59.2. The molecule has 0 aliphatic carbocycles. The van der Waals surface area contributed by atoms with Crippen LogP contribution in [-0.2, 0) is 0 Å². The fourth-order valence-corrected chi connectivity index (χ4v) is 12.4. The third kappa shape index (κ3) is 8.79. The Labute approximate surface area is 506 Å². The molecule has 0 amide bonds. The average molecular weight is 1120 g/mol. The molecule has 4 aromatic heterocycles. The van der Waals surface area contributed by atoms with Gasteiger partial charge in [-0.05, 0) is 123 Å². The molecule has 0 aliphatic heterocycles. The molecule has 0 atom stereocenters. The van der Waals surface area contributed by atoms with Crippen molar-refractivity contribution in [2.45, 2.75) is 0 Å². The van der Waals surface area contributed by atoms with Crippen LogP contribution in [0.4, 0.5) is 11.4 Å². The molecule has 0 saturated carbocycles. The van der Waals surface area contributed by atoms with Gasteiger partial charge < -0.3 is 9.13 Å². The lowest BCUT2D eigenvalue weighted by atomic mass is 9.97. The highest BCUT2D eigenvalue weighted by molar-refractivity contribution is 6.15. The predicted molar refractivity (Wildman–Crippen MR) is 352 cm³/mol. The molecule has 88 heavy (non-hydrogen) atoms. The molecule has 15 rings (SSSR count). The second-order valence-corrected chi connectivity index (χ2v) is 21.3. The second kappa shape index (κ2) is 21.7. The van der Waals surface area contributed by atoms with E-state index < -0.39 is 0 Å². The number of rotatable bonds is 10. The van der Waals surface area contributed by atoms with Crippen molar-refractivity contribution in [2.75, 3.05) is 0 Å². The topological polar surface area (TPSA) is 118 Å². The van der Waals surface area contributed by atoms with Gasteiger partial charge in [-0.1, -0.05) is 182 Å². The lowest BCUT2D eigenvalue weighted by molar-refractivity contribution is 1.07. The minimum absolute atomic E-state index is 0.432. The summed E-state index contributed by atoms with van der Waals surface area (Å²) in [4.78, 5) is 29.3. The Balaban J connectivity index is 1.06. The van der Waals surface area contributed by atoms with Crippen LogP contribution in [0.25, 0.3) is 155 Å². The van der Waals surface area contributed by atoms with Crippen LogP contribution in [-0.4, -0.2) is 29.1 Å². The van der Waals surface area contributed by atoms with Crippen molar-refractivity contribution in [3.63, 3.8) is 0 Å². The van der Waals surface area contributed by atoms with Crippen molar-refractivity contribution >= 4 is 55.0 Å². The van der Waals surface area contributed by atoms with Gasteiger partial charge in [-0.2, -0.15) is 10.5 Å². The van der Waals surface area contributed by atoms with Crippen LogP contribution < -0.4 is 0 Å². The number of fused-ring (bicyclic) bond motifs is 6. The number of hydrogen-bond acceptors (Lipinski definition) is 6. The highest BCUT2D eigenvalue weighted by Crippen LogP contribution is 2.47. The van der Waals surface area contributed by atoms with Gasteiger partial charge in [-0.15, -0.1) is 0 Å². The van der Waals surface area contributed by atoms with Crippen LogP contribution in [0.15, 0.2) is 267 Å². The molecule has 0 spiro atoms. The number of nitrogens with zero attached hydrogens (tertiary/aromatic N) is 10. The van der Waals surface area contributed by atoms with Crippen molar-refractivity contribution in [1.82, 2.24) is 29.1 Å². The highest BCUT2D eigenvalue weighted by atomic mass is 15.1. The summed E-state index contributed by atoms with van der Waals surface area (Å²) in [6.07, 6.45) is 1.83. The van der Waals surface area contributed by atoms with Gasteiger partial charge in [0, 0.05) is 50.0 Å². The second-order valence-electron chi connectivity index (χ2n) is 21.3. The zero-order valence-electron chi connectivity index (χ0n) is 46.9. The molecule has 10 heteroatoms. The summed E-state index contributed by atoms with van der Waals surface area (Å²) in [5, 5.41) is 24.5. The zero-order valence-corrected chi connectivity index (χ0v) is 46.9. The molecular weight excluding hydrogens is 1080 g/mol. The first-order valence-electron chi connectivity index (χ1n) is 28.5. The number of nitriles is 2. The van der Waals surface area contributed by atoms with Gasteiger partial charge >= 0.3 is 0 Å². The van der Waals surface area contributed by atoms with E-state index in [9.17, 15) is 10.5 Å². The SMILES string of the molecule is [C-]#[N+]c1ccccc1-c1ccc2c(c1)c1cc(-c3ccccc3C#N)ccc1n2-c1cccnc1-c1c(-c2nc(-c3ccccc3)nc(-c3ccccc3)n2)cccc1-n1c2ccc(-c3ccccc3C#N)cc2c2cc(-c3ccccc3[N+]#[C-])ccc21. The Hall–Kier alpha value is -12.9. The number of benzene rings is 11. The summed E-state index contributed by atoms with van der Waals surface area (Å²) in [6, 6.07) is 91.2. The number of aromatic nitrogens is 6. The van der Waals surface area contributed by atoms with Crippen LogP contribution in [0, 0.1) is 35.8 Å². The molecule has 11 aromatic carbocycles. The van der Waals surface area contributed by atoms with Crippen molar-refractivity contribution in [1.29, 1.82) is 10.5 Å². The van der Waals surface area contributed by atoms with Gasteiger partial charge in [0.1, 0.15) is 0 Å². The summed E-state index contributed by atoms with van der Waals surface area (Å²) >= 11 is 0. The number of pyridine rings is 1. The van der Waals surface area contributed by atoms with E-state index in [0.29, 0.717) is 51.2 Å². The standard InChI is InChI=1S/C78H44N10/c1-81-66-30-15-13-27-59(66)53-36-40-69-64(45-53)62-43-51(57-25-11-9-23-55(57)47-79)34-38-68(62)87(69)72-32-17-29-61(78-85-76(49-19-5-3-6-20-49)84-77(86-78)50-21-7-4-8-22-50)74(72)75-73(33-18-42-83-75)88-70-39-35-52(58-26-12-10-24-56(58)48-80)44-63(70)65-46-54(37-41-71(65)88)60-28-14-16-31-67(60)82-2/h3-46H. The molecule has 4 heterocycles. The van der Waals surface area contributed by atoms with Gasteiger partial charge in [0.15, 0.2) is 28.8 Å². The largest absolute Gasteiger partial charge is 0.309 e. The maximum Gasteiger partial charge on any atom is 0.194 e. The molecule has 0 N–H and O–H groups in total. The van der Waals surface area contributed by atoms with Crippen LogP contribution in [0.1, 0.15) is 11.1 Å². The monoisotopic (exact) mass is 1120 g/mol. The van der Waals surface area contributed by atoms with Gasteiger partial charge in [-0.3, -0.25) is 4.98 Å². The maximum atomic E-state index is 10.4. The van der Waals surface area contributed by atoms with E-state index in [-0.39, 0.29) is 0 Å². The quantitative estimate of drug-likeness (QED) is 0.126. The summed E-state index contributed by atoms with van der Waals surface area (Å²) in [5.74, 6) is 1.44. The molecule has 0 radical (unpaired) electrons. The Kier molecular flexibility index (Phi) is 12.8. The van der Waals surface area contributed by atoms with E-state index >= 15 is 0 Å². The first-order valence-corrected chi connectivity index (χ1v) is 28.5. The smallest absolute Gasteiger partial charge is 0.194 e. The first-order chi connectivity index (χ1) is 43.5. The van der Waals surface area contributed by atoms with Crippen molar-refractivity contribution in [2.24, 2.45) is 0 Å². The maximum absolute atomic E-state index is 10.4. The molecule has 0 aliphatic rings. The van der Waals surface area contributed by atoms with Crippen molar-refractivity contribution < 1.29 is 0 Å². The van der Waals surface area contributed by atoms with E-state index in [4.69, 9.17) is 33.1 Å². The minimum Gasteiger partial charge on any atom is -0.309 e. The summed E-state index contributed by atoms with van der Waals surface area (Å²) < 4.78 is 4.55. The third-order valence-corrected chi connectivity index (χ3v) is 16.4. The minimum atomic E-state index is 0.432.